The molecule has 1 amide bonds. The van der Waals surface area contributed by atoms with Crippen LogP contribution in [0.1, 0.15) is 5.76 Å². The second-order valence-electron chi connectivity index (χ2n) is 6.58. The minimum atomic E-state index is -4.89. The van der Waals surface area contributed by atoms with Crippen molar-refractivity contribution in [3.05, 3.63) is 87.1 Å². The minimum Gasteiger partial charge on any atom is -0.456 e. The second-order valence-corrected chi connectivity index (χ2v) is 7.01. The number of nitro benzene ring substituents is 1. The molecule has 0 unspecified atom stereocenters. The summed E-state index contributed by atoms with van der Waals surface area (Å²) in [7, 11) is 0. The summed E-state index contributed by atoms with van der Waals surface area (Å²) in [6, 6.07) is 14.2. The summed E-state index contributed by atoms with van der Waals surface area (Å²) in [5.41, 5.74) is -2.18. The van der Waals surface area contributed by atoms with Gasteiger partial charge in [0.25, 0.3) is 11.6 Å². The lowest BCUT2D eigenvalue weighted by Crippen LogP contribution is -2.25. The van der Waals surface area contributed by atoms with Crippen molar-refractivity contribution >= 4 is 40.7 Å². The fourth-order valence-electron chi connectivity index (χ4n) is 3.08. The first-order chi connectivity index (χ1) is 15.1. The number of benzene rings is 2. The molecule has 2 aromatic carbocycles. The normalized spacial score (nSPS) is 15.4. The van der Waals surface area contributed by atoms with Gasteiger partial charge in [-0.25, -0.2) is 0 Å². The Labute approximate surface area is 183 Å². The smallest absolute Gasteiger partial charge is 0.435 e. The molecule has 4 rings (SSSR count). The first kappa shape index (κ1) is 21.3. The molecule has 1 aromatic heterocycles. The van der Waals surface area contributed by atoms with Gasteiger partial charge in [0.15, 0.2) is 5.71 Å². The van der Waals surface area contributed by atoms with E-state index < -0.39 is 28.3 Å². The van der Waals surface area contributed by atoms with E-state index in [1.165, 1.54) is 36.4 Å². The monoisotopic (exact) mass is 461 g/mol. The summed E-state index contributed by atoms with van der Waals surface area (Å²) < 4.78 is 46.2. The van der Waals surface area contributed by atoms with Gasteiger partial charge in [-0.2, -0.15) is 23.3 Å². The predicted molar refractivity (Wildman–Crippen MR) is 111 cm³/mol. The van der Waals surface area contributed by atoms with E-state index in [4.69, 9.17) is 16.0 Å². The number of nitrogens with zero attached hydrogens (tertiary/aromatic N) is 3. The molecule has 7 nitrogen and oxygen atoms in total. The van der Waals surface area contributed by atoms with Gasteiger partial charge < -0.3 is 4.42 Å². The van der Waals surface area contributed by atoms with Crippen LogP contribution in [0.25, 0.3) is 17.4 Å². The average molecular weight is 462 g/mol. The molecule has 32 heavy (non-hydrogen) atoms. The molecule has 0 fully saturated rings. The Bertz CT molecular complexity index is 1280. The van der Waals surface area contributed by atoms with Crippen LogP contribution < -0.4 is 5.01 Å². The van der Waals surface area contributed by atoms with Gasteiger partial charge in [0.1, 0.15) is 11.5 Å². The Morgan fingerprint density at radius 3 is 2.47 bits per heavy atom. The van der Waals surface area contributed by atoms with Crippen molar-refractivity contribution in [2.24, 2.45) is 5.10 Å². The van der Waals surface area contributed by atoms with Crippen LogP contribution >= 0.6 is 11.6 Å². The van der Waals surface area contributed by atoms with Crippen molar-refractivity contribution < 1.29 is 27.3 Å². The molecule has 0 radical (unpaired) electrons. The van der Waals surface area contributed by atoms with Gasteiger partial charge in [0, 0.05) is 11.1 Å². The third kappa shape index (κ3) is 4.00. The molecular formula is C21H11ClF3N3O4. The standard InChI is InChI=1S/C21H11ClF3N3O4/c22-12-6-8-15(17(10-12)28(30)31)18-9-7-14(32-18)11-16-19(21(23,24)25)26-27(20(16)29)13-4-2-1-3-5-13/h1-11H/b16-11-. The molecule has 0 saturated carbocycles. The maximum Gasteiger partial charge on any atom is 0.435 e. The summed E-state index contributed by atoms with van der Waals surface area (Å²) in [6.07, 6.45) is -3.99. The highest BCUT2D eigenvalue weighted by Crippen LogP contribution is 2.36. The first-order valence-corrected chi connectivity index (χ1v) is 9.34. The molecule has 3 aromatic rings. The van der Waals surface area contributed by atoms with Crippen LogP contribution in [0.5, 0.6) is 0 Å². The van der Waals surface area contributed by atoms with Crippen LogP contribution in [0, 0.1) is 10.1 Å². The van der Waals surface area contributed by atoms with E-state index in [1.807, 2.05) is 0 Å². The Morgan fingerprint density at radius 2 is 1.81 bits per heavy atom. The minimum absolute atomic E-state index is 0.0241. The predicted octanol–water partition coefficient (Wildman–Crippen LogP) is 5.86. The lowest BCUT2D eigenvalue weighted by atomic mass is 10.1. The Morgan fingerprint density at radius 1 is 1.09 bits per heavy atom. The molecule has 0 atom stereocenters. The number of rotatable bonds is 4. The Balaban J connectivity index is 1.75. The van der Waals surface area contributed by atoms with Crippen LogP contribution in [0.2, 0.25) is 5.02 Å². The molecular weight excluding hydrogens is 451 g/mol. The van der Waals surface area contributed by atoms with Gasteiger partial charge in [-0.05, 0) is 42.5 Å². The number of hydrogen-bond donors (Lipinski definition) is 0. The number of halogens is 4. The zero-order valence-electron chi connectivity index (χ0n) is 15.8. The molecule has 1 aliphatic rings. The molecule has 0 aliphatic carbocycles. The van der Waals surface area contributed by atoms with Gasteiger partial charge >= 0.3 is 6.18 Å². The highest BCUT2D eigenvalue weighted by Gasteiger charge is 2.47. The van der Waals surface area contributed by atoms with Gasteiger partial charge in [-0.15, -0.1) is 0 Å². The van der Waals surface area contributed by atoms with Crippen molar-refractivity contribution in [2.45, 2.75) is 6.18 Å². The van der Waals surface area contributed by atoms with E-state index in [9.17, 15) is 28.1 Å². The number of hydrogen-bond acceptors (Lipinski definition) is 5. The summed E-state index contributed by atoms with van der Waals surface area (Å²) in [5.74, 6) is -1.07. The average Bonchev–Trinajstić information content (AvgIpc) is 3.34. The lowest BCUT2D eigenvalue weighted by Gasteiger charge is -2.10. The number of para-hydroxylation sites is 1. The third-order valence-electron chi connectivity index (χ3n) is 4.48. The van der Waals surface area contributed by atoms with Crippen LogP contribution in [0.3, 0.4) is 0 Å². The molecule has 162 valence electrons. The third-order valence-corrected chi connectivity index (χ3v) is 4.72. The molecule has 0 saturated heterocycles. The number of hydrazone groups is 1. The van der Waals surface area contributed by atoms with E-state index in [1.54, 1.807) is 18.2 Å². The summed E-state index contributed by atoms with van der Waals surface area (Å²) in [6.45, 7) is 0. The largest absolute Gasteiger partial charge is 0.456 e. The highest BCUT2D eigenvalue weighted by atomic mass is 35.5. The van der Waals surface area contributed by atoms with Crippen molar-refractivity contribution in [2.75, 3.05) is 5.01 Å². The summed E-state index contributed by atoms with van der Waals surface area (Å²) in [4.78, 5) is 23.4. The van der Waals surface area contributed by atoms with Gasteiger partial charge in [-0.1, -0.05) is 29.8 Å². The van der Waals surface area contributed by atoms with Crippen LogP contribution in [-0.4, -0.2) is 22.7 Å². The number of nitro groups is 1. The van der Waals surface area contributed by atoms with Crippen molar-refractivity contribution in [3.8, 4) is 11.3 Å². The first-order valence-electron chi connectivity index (χ1n) is 8.96. The van der Waals surface area contributed by atoms with E-state index in [0.717, 1.165) is 12.1 Å². The molecule has 11 heteroatoms. The second kappa shape index (κ2) is 7.97. The number of carbonyl (C=O) groups excluding carboxylic acids is 1. The van der Waals surface area contributed by atoms with Gasteiger partial charge in [0.05, 0.1) is 21.7 Å². The SMILES string of the molecule is O=C1/C(=C\c2ccc(-c3ccc(Cl)cc3[N+](=O)[O-])o2)C(C(F)(F)F)=NN1c1ccccc1. The number of amides is 1. The maximum absolute atomic E-state index is 13.6. The van der Waals surface area contributed by atoms with E-state index >= 15 is 0 Å². The Kier molecular flexibility index (Phi) is 5.31. The summed E-state index contributed by atoms with van der Waals surface area (Å²) in [5, 5.41) is 15.6. The molecule has 1 aliphatic heterocycles. The van der Waals surface area contributed by atoms with Gasteiger partial charge in [-0.3, -0.25) is 14.9 Å². The van der Waals surface area contributed by atoms with E-state index in [-0.39, 0.29) is 33.5 Å². The van der Waals surface area contributed by atoms with Crippen LogP contribution in [-0.2, 0) is 4.79 Å². The lowest BCUT2D eigenvalue weighted by molar-refractivity contribution is -0.384. The number of alkyl halides is 3. The topological polar surface area (TPSA) is 88.9 Å². The molecule has 0 N–H and O–H groups in total. The quantitative estimate of drug-likeness (QED) is 0.276. The molecule has 0 bridgehead atoms. The van der Waals surface area contributed by atoms with E-state index in [2.05, 4.69) is 5.10 Å². The maximum atomic E-state index is 13.6. The zero-order valence-corrected chi connectivity index (χ0v) is 16.6. The zero-order chi connectivity index (χ0) is 23.0. The highest BCUT2D eigenvalue weighted by molar-refractivity contribution is 6.34. The fourth-order valence-corrected chi connectivity index (χ4v) is 3.25. The van der Waals surface area contributed by atoms with Gasteiger partial charge in [0.2, 0.25) is 0 Å². The van der Waals surface area contributed by atoms with Crippen molar-refractivity contribution in [1.29, 1.82) is 0 Å². The number of carbonyl (C=O) groups is 1. The van der Waals surface area contributed by atoms with E-state index in [0.29, 0.717) is 5.01 Å². The fraction of sp³-hybridized carbons (Fsp3) is 0.0476. The molecule has 0 spiro atoms. The number of furan rings is 1. The van der Waals surface area contributed by atoms with Crippen molar-refractivity contribution in [3.63, 3.8) is 0 Å². The number of anilines is 1. The molecule has 2 heterocycles. The van der Waals surface area contributed by atoms with Crippen LogP contribution in [0.15, 0.2) is 75.8 Å². The van der Waals surface area contributed by atoms with Crippen LogP contribution in [0.4, 0.5) is 24.5 Å². The van der Waals surface area contributed by atoms with Crippen molar-refractivity contribution in [1.82, 2.24) is 0 Å². The Hall–Kier alpha value is -3.92. The summed E-state index contributed by atoms with van der Waals surface area (Å²) >= 11 is 5.80.